The lowest BCUT2D eigenvalue weighted by Gasteiger charge is -2.22. The summed E-state index contributed by atoms with van der Waals surface area (Å²) in [6.07, 6.45) is 1.15. The standard InChI is InChI=1S/C21H25N3O6S2/c1-14-8-9-15(12-18(14)32(28,29)23(2)3)22-19(25)13-30-21(27)16-6-4-10-24(16)20(26)17-7-5-11-31-17/h5,7-9,11-12,16H,4,6,10,13H2,1-3H3,(H,22,25)/t16-/m0/s1. The molecule has 1 aliphatic rings. The minimum absolute atomic E-state index is 0.0750. The number of rotatable bonds is 7. The summed E-state index contributed by atoms with van der Waals surface area (Å²) in [5.74, 6) is -1.47. The van der Waals surface area contributed by atoms with E-state index in [0.717, 1.165) is 4.31 Å². The second-order valence-electron chi connectivity index (χ2n) is 7.56. The van der Waals surface area contributed by atoms with Crippen molar-refractivity contribution in [3.8, 4) is 0 Å². The number of nitrogens with one attached hydrogen (secondary N) is 1. The third kappa shape index (κ3) is 5.17. The fourth-order valence-corrected chi connectivity index (χ4v) is 5.20. The lowest BCUT2D eigenvalue weighted by atomic mass is 10.2. The zero-order chi connectivity index (χ0) is 23.5. The van der Waals surface area contributed by atoms with Gasteiger partial charge in [-0.15, -0.1) is 11.3 Å². The van der Waals surface area contributed by atoms with Crippen LogP contribution in [-0.2, 0) is 24.3 Å². The molecule has 0 saturated carbocycles. The highest BCUT2D eigenvalue weighted by molar-refractivity contribution is 7.89. The second kappa shape index (κ2) is 9.80. The van der Waals surface area contributed by atoms with Gasteiger partial charge < -0.3 is 15.0 Å². The SMILES string of the molecule is Cc1ccc(NC(=O)COC(=O)[C@@H]2CCCN2C(=O)c2cccs2)cc1S(=O)(=O)N(C)C. The van der Waals surface area contributed by atoms with Gasteiger partial charge in [0.25, 0.3) is 11.8 Å². The van der Waals surface area contributed by atoms with Crippen molar-refractivity contribution in [2.75, 3.05) is 32.6 Å². The van der Waals surface area contributed by atoms with Gasteiger partial charge in [-0.1, -0.05) is 12.1 Å². The van der Waals surface area contributed by atoms with E-state index in [9.17, 15) is 22.8 Å². The maximum absolute atomic E-state index is 12.6. The van der Waals surface area contributed by atoms with Gasteiger partial charge in [0.2, 0.25) is 10.0 Å². The summed E-state index contributed by atoms with van der Waals surface area (Å²) in [7, 11) is -0.824. The Morgan fingerprint density at radius 1 is 1.25 bits per heavy atom. The lowest BCUT2D eigenvalue weighted by molar-refractivity contribution is -0.151. The summed E-state index contributed by atoms with van der Waals surface area (Å²) in [5.41, 5.74) is 0.812. The number of anilines is 1. The Balaban J connectivity index is 1.60. The van der Waals surface area contributed by atoms with Crippen LogP contribution in [0.25, 0.3) is 0 Å². The molecule has 2 aromatic rings. The van der Waals surface area contributed by atoms with E-state index in [-0.39, 0.29) is 16.5 Å². The summed E-state index contributed by atoms with van der Waals surface area (Å²) in [4.78, 5) is 39.5. The average molecular weight is 480 g/mol. The molecule has 11 heteroatoms. The number of amides is 2. The summed E-state index contributed by atoms with van der Waals surface area (Å²) >= 11 is 1.30. The van der Waals surface area contributed by atoms with Crippen molar-refractivity contribution in [2.24, 2.45) is 0 Å². The summed E-state index contributed by atoms with van der Waals surface area (Å²) in [5, 5.41) is 4.34. The van der Waals surface area contributed by atoms with Gasteiger partial charge in [0.05, 0.1) is 9.77 Å². The molecule has 1 aliphatic heterocycles. The van der Waals surface area contributed by atoms with Crippen LogP contribution in [0.3, 0.4) is 0 Å². The van der Waals surface area contributed by atoms with Crippen LogP contribution in [0, 0.1) is 6.92 Å². The molecule has 1 fully saturated rings. The average Bonchev–Trinajstić information content (AvgIpc) is 3.45. The Morgan fingerprint density at radius 3 is 2.66 bits per heavy atom. The number of carbonyl (C=O) groups excluding carboxylic acids is 3. The predicted octanol–water partition coefficient (Wildman–Crippen LogP) is 2.09. The largest absolute Gasteiger partial charge is 0.454 e. The van der Waals surface area contributed by atoms with E-state index < -0.39 is 34.5 Å². The minimum atomic E-state index is -3.68. The molecule has 1 atom stereocenters. The van der Waals surface area contributed by atoms with Crippen LogP contribution in [0.5, 0.6) is 0 Å². The van der Waals surface area contributed by atoms with Crippen LogP contribution < -0.4 is 5.32 Å². The molecule has 172 valence electrons. The quantitative estimate of drug-likeness (QED) is 0.609. The van der Waals surface area contributed by atoms with Crippen LogP contribution in [0.2, 0.25) is 0 Å². The van der Waals surface area contributed by atoms with Crippen LogP contribution in [0.4, 0.5) is 5.69 Å². The lowest BCUT2D eigenvalue weighted by Crippen LogP contribution is -2.41. The Kier molecular flexibility index (Phi) is 7.32. The molecule has 2 heterocycles. The Morgan fingerprint density at radius 2 is 2.00 bits per heavy atom. The second-order valence-corrected chi connectivity index (χ2v) is 10.6. The third-order valence-corrected chi connectivity index (χ3v) is 7.91. The molecule has 1 aromatic heterocycles. The maximum atomic E-state index is 12.6. The number of likely N-dealkylation sites (tertiary alicyclic amines) is 1. The van der Waals surface area contributed by atoms with E-state index in [1.54, 1.807) is 36.6 Å². The highest BCUT2D eigenvalue weighted by Gasteiger charge is 2.36. The number of thiophene rings is 1. The predicted molar refractivity (Wildman–Crippen MR) is 120 cm³/mol. The molecule has 1 N–H and O–H groups in total. The molecule has 9 nitrogen and oxygen atoms in total. The molecule has 1 aromatic carbocycles. The van der Waals surface area contributed by atoms with E-state index in [4.69, 9.17) is 4.74 Å². The van der Waals surface area contributed by atoms with Gasteiger partial charge in [-0.25, -0.2) is 17.5 Å². The van der Waals surface area contributed by atoms with E-state index in [1.807, 2.05) is 0 Å². The van der Waals surface area contributed by atoms with Crippen molar-refractivity contribution in [3.05, 3.63) is 46.2 Å². The van der Waals surface area contributed by atoms with E-state index >= 15 is 0 Å². The van der Waals surface area contributed by atoms with Crippen LogP contribution in [-0.4, -0.2) is 68.7 Å². The minimum Gasteiger partial charge on any atom is -0.454 e. The molecule has 0 bridgehead atoms. The summed E-state index contributed by atoms with van der Waals surface area (Å²) in [6.45, 7) is 1.57. The first-order chi connectivity index (χ1) is 15.1. The first kappa shape index (κ1) is 23.9. The van der Waals surface area contributed by atoms with Gasteiger partial charge in [-0.3, -0.25) is 9.59 Å². The monoisotopic (exact) mass is 479 g/mol. The van der Waals surface area contributed by atoms with Gasteiger partial charge in [0.15, 0.2) is 6.61 Å². The fraction of sp³-hybridized carbons (Fsp3) is 0.381. The number of sulfonamides is 1. The molecular formula is C21H25N3O6S2. The normalized spacial score (nSPS) is 16.2. The highest BCUT2D eigenvalue weighted by Crippen LogP contribution is 2.24. The third-order valence-electron chi connectivity index (χ3n) is 5.09. The van der Waals surface area contributed by atoms with Crippen LogP contribution in [0.1, 0.15) is 28.1 Å². The van der Waals surface area contributed by atoms with Crippen molar-refractivity contribution in [1.82, 2.24) is 9.21 Å². The number of nitrogens with zero attached hydrogens (tertiary/aromatic N) is 2. The number of benzene rings is 1. The van der Waals surface area contributed by atoms with E-state index in [1.165, 1.54) is 36.4 Å². The number of aryl methyl sites for hydroxylation is 1. The molecule has 32 heavy (non-hydrogen) atoms. The number of carbonyl (C=O) groups is 3. The van der Waals surface area contributed by atoms with E-state index in [0.29, 0.717) is 29.8 Å². The number of hydrogen-bond acceptors (Lipinski definition) is 7. The Hall–Kier alpha value is -2.76. The molecular weight excluding hydrogens is 454 g/mol. The Labute approximate surface area is 191 Å². The number of esters is 1. The smallest absolute Gasteiger partial charge is 0.329 e. The summed E-state index contributed by atoms with van der Waals surface area (Å²) < 4.78 is 31.1. The molecule has 1 saturated heterocycles. The molecule has 0 spiro atoms. The maximum Gasteiger partial charge on any atom is 0.329 e. The van der Waals surface area contributed by atoms with Gasteiger partial charge in [0.1, 0.15) is 6.04 Å². The van der Waals surface area contributed by atoms with Gasteiger partial charge >= 0.3 is 5.97 Å². The van der Waals surface area contributed by atoms with Crippen molar-refractivity contribution in [3.63, 3.8) is 0 Å². The zero-order valence-electron chi connectivity index (χ0n) is 18.0. The van der Waals surface area contributed by atoms with Crippen molar-refractivity contribution < 1.29 is 27.5 Å². The Bertz CT molecular complexity index is 1110. The van der Waals surface area contributed by atoms with E-state index in [2.05, 4.69) is 5.32 Å². The van der Waals surface area contributed by atoms with Crippen LogP contribution in [0.15, 0.2) is 40.6 Å². The van der Waals surface area contributed by atoms with Gasteiger partial charge in [-0.2, -0.15) is 0 Å². The number of ether oxygens (including phenoxy) is 1. The summed E-state index contributed by atoms with van der Waals surface area (Å²) in [6, 6.07) is 7.27. The number of hydrogen-bond donors (Lipinski definition) is 1. The molecule has 0 unspecified atom stereocenters. The van der Waals surface area contributed by atoms with Gasteiger partial charge in [-0.05, 0) is 48.9 Å². The first-order valence-electron chi connectivity index (χ1n) is 9.95. The van der Waals surface area contributed by atoms with Gasteiger partial charge in [0, 0.05) is 26.3 Å². The zero-order valence-corrected chi connectivity index (χ0v) is 19.7. The molecule has 3 rings (SSSR count). The topological polar surface area (TPSA) is 113 Å². The van der Waals surface area contributed by atoms with Crippen molar-refractivity contribution in [2.45, 2.75) is 30.7 Å². The van der Waals surface area contributed by atoms with Crippen LogP contribution >= 0.6 is 11.3 Å². The molecule has 0 radical (unpaired) electrons. The first-order valence-corrected chi connectivity index (χ1v) is 12.3. The van der Waals surface area contributed by atoms with Crippen molar-refractivity contribution >= 4 is 44.8 Å². The molecule has 0 aliphatic carbocycles. The highest BCUT2D eigenvalue weighted by atomic mass is 32.2. The van der Waals surface area contributed by atoms with Crippen molar-refractivity contribution in [1.29, 1.82) is 0 Å². The molecule has 2 amide bonds. The fourth-order valence-electron chi connectivity index (χ4n) is 3.38.